The van der Waals surface area contributed by atoms with Crippen LogP contribution in [0.4, 0.5) is 17.1 Å². The number of aliphatic hydroxyl groups excluding tert-OH is 1. The highest BCUT2D eigenvalue weighted by Crippen LogP contribution is 2.26. The van der Waals surface area contributed by atoms with Gasteiger partial charge in [-0.2, -0.15) is 0 Å². The Bertz CT molecular complexity index is 594. The van der Waals surface area contributed by atoms with Gasteiger partial charge in [0.15, 0.2) is 0 Å². The van der Waals surface area contributed by atoms with Gasteiger partial charge in [0, 0.05) is 11.8 Å². The molecular weight excluding hydrogens is 256 g/mol. The summed E-state index contributed by atoms with van der Waals surface area (Å²) in [4.78, 5) is 10.5. The average molecular weight is 271 g/mol. The standard InChI is InChI=1S/C15H15N2O3/c1-11(18)10-12-6-8-13(9-7-12)16-14-4-2-3-5-15(14)17(19)20/h2,4-9,11,16,18H,10H2,1H3/t11-/m0/s1. The van der Waals surface area contributed by atoms with E-state index in [1.165, 1.54) is 6.07 Å². The maximum absolute atomic E-state index is 10.9. The van der Waals surface area contributed by atoms with Crippen LogP contribution in [0.3, 0.4) is 0 Å². The van der Waals surface area contributed by atoms with Crippen molar-refractivity contribution in [1.82, 2.24) is 0 Å². The maximum atomic E-state index is 10.9. The van der Waals surface area contributed by atoms with E-state index in [9.17, 15) is 15.2 Å². The molecule has 0 heterocycles. The molecule has 5 nitrogen and oxygen atoms in total. The zero-order valence-electron chi connectivity index (χ0n) is 11.0. The number of nitrogens with zero attached hydrogens (tertiary/aromatic N) is 1. The van der Waals surface area contributed by atoms with Crippen molar-refractivity contribution in [3.05, 3.63) is 64.2 Å². The predicted octanol–water partition coefficient (Wildman–Crippen LogP) is 3.06. The van der Waals surface area contributed by atoms with Crippen LogP contribution >= 0.6 is 0 Å². The van der Waals surface area contributed by atoms with Crippen LogP contribution in [-0.2, 0) is 6.42 Å². The van der Waals surface area contributed by atoms with Gasteiger partial charge in [0.1, 0.15) is 5.69 Å². The van der Waals surface area contributed by atoms with Crippen molar-refractivity contribution in [2.75, 3.05) is 5.32 Å². The monoisotopic (exact) mass is 271 g/mol. The third-order valence-corrected chi connectivity index (χ3v) is 2.80. The van der Waals surface area contributed by atoms with Crippen molar-refractivity contribution in [3.63, 3.8) is 0 Å². The quantitative estimate of drug-likeness (QED) is 0.647. The summed E-state index contributed by atoms with van der Waals surface area (Å²) < 4.78 is 0. The summed E-state index contributed by atoms with van der Waals surface area (Å²) in [6, 6.07) is 14.7. The SMILES string of the molecule is C[C@H](O)Cc1ccc(Nc2cc[c]cc2[N+](=O)[O-])cc1. The molecule has 2 aromatic rings. The van der Waals surface area contributed by atoms with E-state index in [0.717, 1.165) is 11.3 Å². The number of aliphatic hydroxyl groups is 1. The van der Waals surface area contributed by atoms with Crippen LogP contribution in [0.2, 0.25) is 0 Å². The van der Waals surface area contributed by atoms with Crippen molar-refractivity contribution in [3.8, 4) is 0 Å². The van der Waals surface area contributed by atoms with E-state index in [4.69, 9.17) is 0 Å². The topological polar surface area (TPSA) is 75.4 Å². The van der Waals surface area contributed by atoms with Gasteiger partial charge in [-0.15, -0.1) is 0 Å². The fourth-order valence-electron chi connectivity index (χ4n) is 1.90. The second kappa shape index (κ2) is 6.16. The molecule has 5 heteroatoms. The van der Waals surface area contributed by atoms with Crippen LogP contribution in [-0.4, -0.2) is 16.1 Å². The summed E-state index contributed by atoms with van der Waals surface area (Å²) in [7, 11) is 0. The molecule has 0 aliphatic heterocycles. The van der Waals surface area contributed by atoms with Gasteiger partial charge >= 0.3 is 0 Å². The third kappa shape index (κ3) is 3.55. The summed E-state index contributed by atoms with van der Waals surface area (Å²) in [5.41, 5.74) is 2.19. The number of nitro groups is 1. The molecule has 0 unspecified atom stereocenters. The number of nitro benzene ring substituents is 1. The Morgan fingerprint density at radius 2 is 2.05 bits per heavy atom. The minimum atomic E-state index is -0.444. The summed E-state index contributed by atoms with van der Waals surface area (Å²) >= 11 is 0. The molecule has 1 atom stereocenters. The number of anilines is 2. The van der Waals surface area contributed by atoms with E-state index in [1.54, 1.807) is 19.1 Å². The van der Waals surface area contributed by atoms with E-state index in [1.807, 2.05) is 24.3 Å². The number of hydrogen-bond acceptors (Lipinski definition) is 4. The lowest BCUT2D eigenvalue weighted by atomic mass is 10.1. The van der Waals surface area contributed by atoms with E-state index < -0.39 is 4.92 Å². The molecule has 20 heavy (non-hydrogen) atoms. The third-order valence-electron chi connectivity index (χ3n) is 2.80. The fraction of sp³-hybridized carbons (Fsp3) is 0.200. The van der Waals surface area contributed by atoms with Gasteiger partial charge in [-0.3, -0.25) is 10.1 Å². The molecule has 2 N–H and O–H groups in total. The van der Waals surface area contributed by atoms with Gasteiger partial charge in [-0.05, 0) is 43.2 Å². The lowest BCUT2D eigenvalue weighted by Crippen LogP contribution is -2.04. The Hall–Kier alpha value is -2.40. The molecule has 103 valence electrons. The summed E-state index contributed by atoms with van der Waals surface area (Å²) in [5, 5.41) is 23.2. The van der Waals surface area contributed by atoms with Gasteiger partial charge in [0.2, 0.25) is 0 Å². The second-order valence-corrected chi connectivity index (χ2v) is 4.58. The van der Waals surface area contributed by atoms with Crippen LogP contribution in [0, 0.1) is 16.2 Å². The van der Waals surface area contributed by atoms with Gasteiger partial charge in [-0.1, -0.05) is 18.2 Å². The number of hydrogen-bond donors (Lipinski definition) is 2. The maximum Gasteiger partial charge on any atom is 0.293 e. The van der Waals surface area contributed by atoms with Crippen LogP contribution in [0.15, 0.2) is 42.5 Å². The number of benzene rings is 2. The highest BCUT2D eigenvalue weighted by atomic mass is 16.6. The highest BCUT2D eigenvalue weighted by Gasteiger charge is 2.12. The van der Waals surface area contributed by atoms with E-state index in [-0.39, 0.29) is 11.8 Å². The Kier molecular flexibility index (Phi) is 4.32. The van der Waals surface area contributed by atoms with Crippen molar-refractivity contribution in [1.29, 1.82) is 0 Å². The van der Waals surface area contributed by atoms with E-state index in [0.29, 0.717) is 12.1 Å². The van der Waals surface area contributed by atoms with Crippen molar-refractivity contribution in [2.24, 2.45) is 0 Å². The Morgan fingerprint density at radius 3 is 2.65 bits per heavy atom. The lowest BCUT2D eigenvalue weighted by Gasteiger charge is -2.08. The Morgan fingerprint density at radius 1 is 1.35 bits per heavy atom. The van der Waals surface area contributed by atoms with Gasteiger partial charge in [0.25, 0.3) is 5.69 Å². The molecule has 0 fully saturated rings. The molecule has 2 aromatic carbocycles. The summed E-state index contributed by atoms with van der Waals surface area (Å²) in [6.45, 7) is 1.73. The minimum absolute atomic E-state index is 0.0134. The molecule has 0 spiro atoms. The minimum Gasteiger partial charge on any atom is -0.393 e. The Balaban J connectivity index is 2.16. The van der Waals surface area contributed by atoms with Gasteiger partial charge in [0.05, 0.1) is 11.0 Å². The first kappa shape index (κ1) is 14.0. The number of nitrogens with one attached hydrogen (secondary N) is 1. The second-order valence-electron chi connectivity index (χ2n) is 4.58. The normalized spacial score (nSPS) is 11.9. The van der Waals surface area contributed by atoms with Crippen molar-refractivity contribution in [2.45, 2.75) is 19.4 Å². The van der Waals surface area contributed by atoms with Crippen LogP contribution in [0.25, 0.3) is 0 Å². The smallest absolute Gasteiger partial charge is 0.293 e. The lowest BCUT2D eigenvalue weighted by molar-refractivity contribution is -0.383. The Labute approximate surface area is 117 Å². The molecule has 0 amide bonds. The molecule has 0 bridgehead atoms. The molecule has 0 saturated carbocycles. The number of rotatable bonds is 5. The van der Waals surface area contributed by atoms with E-state index >= 15 is 0 Å². The van der Waals surface area contributed by atoms with Crippen LogP contribution in [0.5, 0.6) is 0 Å². The first-order chi connectivity index (χ1) is 9.56. The highest BCUT2D eigenvalue weighted by molar-refractivity contribution is 5.69. The van der Waals surface area contributed by atoms with Crippen molar-refractivity contribution < 1.29 is 10.0 Å². The zero-order chi connectivity index (χ0) is 14.5. The summed E-state index contributed by atoms with van der Waals surface area (Å²) in [5.74, 6) is 0. The zero-order valence-corrected chi connectivity index (χ0v) is 11.0. The first-order valence-electron chi connectivity index (χ1n) is 6.25. The summed E-state index contributed by atoms with van der Waals surface area (Å²) in [6.07, 6.45) is 0.195. The molecule has 2 rings (SSSR count). The largest absolute Gasteiger partial charge is 0.393 e. The molecule has 0 aliphatic rings. The van der Waals surface area contributed by atoms with E-state index in [2.05, 4.69) is 11.4 Å². The van der Waals surface area contributed by atoms with Crippen molar-refractivity contribution >= 4 is 17.1 Å². The fourth-order valence-corrected chi connectivity index (χ4v) is 1.90. The van der Waals surface area contributed by atoms with Crippen LogP contribution in [0.1, 0.15) is 12.5 Å². The molecule has 0 aromatic heterocycles. The van der Waals surface area contributed by atoms with Crippen LogP contribution < -0.4 is 5.32 Å². The molecule has 0 aliphatic carbocycles. The molecular formula is C15H15N2O3. The average Bonchev–Trinajstić information content (AvgIpc) is 2.41. The molecule has 0 saturated heterocycles. The first-order valence-corrected chi connectivity index (χ1v) is 6.25. The molecule has 1 radical (unpaired) electrons. The van der Waals surface area contributed by atoms with Gasteiger partial charge < -0.3 is 10.4 Å². The predicted molar refractivity (Wildman–Crippen MR) is 77.0 cm³/mol. The van der Waals surface area contributed by atoms with Gasteiger partial charge in [-0.25, -0.2) is 0 Å².